The van der Waals surface area contributed by atoms with Crippen LogP contribution in [0.15, 0.2) is 158 Å². The Balaban J connectivity index is 0.00000139. The van der Waals surface area contributed by atoms with Gasteiger partial charge in [-0.1, -0.05) is 162 Å². The van der Waals surface area contributed by atoms with Crippen LogP contribution in [-0.2, 0) is 24.3 Å². The summed E-state index contributed by atoms with van der Waals surface area (Å²) < 4.78 is 25.8. The van der Waals surface area contributed by atoms with Crippen molar-refractivity contribution in [2.24, 2.45) is 0 Å². The van der Waals surface area contributed by atoms with Crippen LogP contribution in [0.5, 0.6) is 5.75 Å². The van der Waals surface area contributed by atoms with E-state index >= 15 is 0 Å². The number of benzene rings is 3. The van der Waals surface area contributed by atoms with Crippen molar-refractivity contribution in [3.63, 3.8) is 0 Å². The van der Waals surface area contributed by atoms with Crippen LogP contribution in [-0.4, -0.2) is 52.5 Å². The van der Waals surface area contributed by atoms with Gasteiger partial charge in [0.1, 0.15) is 24.3 Å². The zero-order valence-electron chi connectivity index (χ0n) is 36.7. The number of nitriles is 1. The summed E-state index contributed by atoms with van der Waals surface area (Å²) in [7, 11) is 1.72. The molecule has 0 aliphatic heterocycles. The van der Waals surface area contributed by atoms with Gasteiger partial charge in [0.2, 0.25) is 0 Å². The number of rotatable bonds is 21. The second kappa shape index (κ2) is 29.7. The van der Waals surface area contributed by atoms with Crippen molar-refractivity contribution in [2.45, 2.75) is 112 Å². The predicted molar refractivity (Wildman–Crippen MR) is 243 cm³/mol. The maximum Gasteiger partial charge on any atom is 0.320 e. The van der Waals surface area contributed by atoms with Crippen LogP contribution in [0.25, 0.3) is 0 Å². The first-order chi connectivity index (χ1) is 28.4. The highest BCUT2D eigenvalue weighted by Crippen LogP contribution is 2.25. The van der Waals surface area contributed by atoms with E-state index in [2.05, 4.69) is 38.3 Å². The Morgan fingerprint density at radius 1 is 0.966 bits per heavy atom. The lowest BCUT2D eigenvalue weighted by molar-refractivity contribution is -0.225. The molecule has 3 atom stereocenters. The van der Waals surface area contributed by atoms with E-state index in [-0.39, 0.29) is 31.1 Å². The molecule has 2 amide bonds. The number of carbonyl (C=O) groups excluding carboxylic acids is 1. The summed E-state index contributed by atoms with van der Waals surface area (Å²) in [5.41, 5.74) is 3.69. The number of urea groups is 1. The van der Waals surface area contributed by atoms with Crippen LogP contribution in [0.4, 0.5) is 9.18 Å². The second-order valence-corrected chi connectivity index (χ2v) is 13.9. The largest absolute Gasteiger partial charge is 0.489 e. The summed E-state index contributed by atoms with van der Waals surface area (Å²) in [5.74, 6) is -1.45. The molecule has 3 unspecified atom stereocenters. The van der Waals surface area contributed by atoms with Crippen molar-refractivity contribution in [3.8, 4) is 11.8 Å². The molecule has 0 spiro atoms. The van der Waals surface area contributed by atoms with Crippen LogP contribution in [0.3, 0.4) is 0 Å². The molecule has 0 saturated heterocycles. The van der Waals surface area contributed by atoms with Crippen LogP contribution >= 0.6 is 0 Å². The van der Waals surface area contributed by atoms with E-state index in [0.717, 1.165) is 35.1 Å². The monoisotopic (exact) mass is 806 g/mol. The molecule has 59 heavy (non-hydrogen) atoms. The minimum Gasteiger partial charge on any atom is -0.489 e. The fourth-order valence-corrected chi connectivity index (χ4v) is 5.73. The molecule has 0 aliphatic rings. The second-order valence-electron chi connectivity index (χ2n) is 13.9. The molecule has 3 rings (SSSR count). The van der Waals surface area contributed by atoms with Crippen LogP contribution in [0.1, 0.15) is 90.8 Å². The first-order valence-corrected chi connectivity index (χ1v) is 20.6. The smallest absolute Gasteiger partial charge is 0.320 e. The average molecular weight is 806 g/mol. The standard InChI is InChI=1S/C40H48FN3O4.C9H14.C2H6/c1-7-32(19-22-36(26-42)30(3)41)27-43(6)39(45)44(28-34-20-23-37(24-21-34)47-29-35-17-13-10-14-18-35)38(25-33-15-11-9-12-16-33)31(4)48-40(5,46)8-2;1-3-5-7-9-8-6-4-2;1-2/h7,9-18,20-24,31,38,46H,3,8,19,25,27-29H2,1-2,4-6H3;3,5-8H,1,4,9H2,2H3;1-2H3/b32-7+,36-22-;7-5-,8-6-;. The number of hydrogen-bond acceptors (Lipinski definition) is 5. The first-order valence-electron chi connectivity index (χ1n) is 20.6. The number of allylic oxidation sites excluding steroid dienone is 9. The maximum absolute atomic E-state index is 14.4. The van der Waals surface area contributed by atoms with Gasteiger partial charge in [0, 0.05) is 20.1 Å². The third kappa shape index (κ3) is 20.7. The van der Waals surface area contributed by atoms with Crippen LogP contribution in [0.2, 0.25) is 0 Å². The number of aliphatic hydroxyl groups is 1. The minimum atomic E-state index is -1.38. The van der Waals surface area contributed by atoms with Gasteiger partial charge in [-0.05, 0) is 81.7 Å². The molecule has 0 fully saturated rings. The van der Waals surface area contributed by atoms with Gasteiger partial charge in [0.25, 0.3) is 0 Å². The molecule has 0 heterocycles. The molecule has 7 nitrogen and oxygen atoms in total. The molecule has 0 radical (unpaired) electrons. The number of amides is 2. The lowest BCUT2D eigenvalue weighted by Crippen LogP contribution is -2.53. The van der Waals surface area contributed by atoms with Gasteiger partial charge in [-0.25, -0.2) is 9.18 Å². The fourth-order valence-electron chi connectivity index (χ4n) is 5.73. The van der Waals surface area contributed by atoms with Crippen molar-refractivity contribution in [1.82, 2.24) is 9.80 Å². The molecule has 0 bridgehead atoms. The molecule has 318 valence electrons. The van der Waals surface area contributed by atoms with Gasteiger partial charge < -0.3 is 24.4 Å². The number of hydrogen-bond donors (Lipinski definition) is 1. The number of nitrogens with zero attached hydrogens (tertiary/aromatic N) is 3. The molecule has 0 aromatic heterocycles. The highest BCUT2D eigenvalue weighted by atomic mass is 19.1. The predicted octanol–water partition coefficient (Wildman–Crippen LogP) is 12.6. The SMILES string of the molecule is C=C(F)/C(C#N)=C\C/C(=C\C)CN(C)C(=O)N(Cc1ccc(OCc2ccccc2)cc1)C(Cc1ccccc1)C(C)OC(C)(O)CC.C=C/C=C\C/C=C\CC.CC. The Morgan fingerprint density at radius 2 is 1.58 bits per heavy atom. The van der Waals surface area contributed by atoms with Gasteiger partial charge in [-0.2, -0.15) is 5.26 Å². The third-order valence-electron chi connectivity index (χ3n) is 9.20. The van der Waals surface area contributed by atoms with Crippen molar-refractivity contribution >= 4 is 6.03 Å². The van der Waals surface area contributed by atoms with Crippen LogP contribution in [0, 0.1) is 11.3 Å². The van der Waals surface area contributed by atoms with Crippen molar-refractivity contribution in [3.05, 3.63) is 174 Å². The zero-order valence-corrected chi connectivity index (χ0v) is 36.7. The summed E-state index contributed by atoms with van der Waals surface area (Å²) in [5, 5.41) is 20.1. The third-order valence-corrected chi connectivity index (χ3v) is 9.20. The van der Waals surface area contributed by atoms with E-state index in [1.165, 1.54) is 6.08 Å². The first kappa shape index (κ1) is 51.5. The van der Waals surface area contributed by atoms with E-state index in [0.29, 0.717) is 25.2 Å². The number of ether oxygens (including phenoxy) is 2. The van der Waals surface area contributed by atoms with Crippen molar-refractivity contribution in [2.75, 3.05) is 13.6 Å². The Hall–Kier alpha value is -5.49. The minimum absolute atomic E-state index is 0.127. The lowest BCUT2D eigenvalue weighted by Gasteiger charge is -2.40. The lowest BCUT2D eigenvalue weighted by atomic mass is 9.99. The van der Waals surface area contributed by atoms with E-state index < -0.39 is 23.8 Å². The molecular formula is C51H68FN3O4. The summed E-state index contributed by atoms with van der Waals surface area (Å²) in [6.07, 6.45) is 16.3. The summed E-state index contributed by atoms with van der Waals surface area (Å²) in [6.45, 7) is 21.1. The van der Waals surface area contributed by atoms with Crippen molar-refractivity contribution in [1.29, 1.82) is 5.26 Å². The van der Waals surface area contributed by atoms with Gasteiger partial charge in [-0.15, -0.1) is 0 Å². The van der Waals surface area contributed by atoms with Gasteiger partial charge in [-0.3, -0.25) is 0 Å². The van der Waals surface area contributed by atoms with Gasteiger partial charge >= 0.3 is 6.03 Å². The molecule has 3 aromatic rings. The molecule has 0 aliphatic carbocycles. The van der Waals surface area contributed by atoms with Gasteiger partial charge in [0.15, 0.2) is 5.79 Å². The quantitative estimate of drug-likeness (QED) is 0.0501. The summed E-state index contributed by atoms with van der Waals surface area (Å²) in [6, 6.07) is 28.6. The number of likely N-dealkylation sites (N-methyl/N-ethyl adjacent to an activating group) is 1. The average Bonchev–Trinajstić information content (AvgIpc) is 3.25. The summed E-state index contributed by atoms with van der Waals surface area (Å²) in [4.78, 5) is 17.8. The Labute approximate surface area is 355 Å². The molecule has 1 N–H and O–H groups in total. The Morgan fingerprint density at radius 3 is 2.10 bits per heavy atom. The van der Waals surface area contributed by atoms with Gasteiger partial charge in [0.05, 0.1) is 17.7 Å². The fraction of sp³-hybridized carbons (Fsp3) is 0.373. The molecule has 8 heteroatoms. The van der Waals surface area contributed by atoms with E-state index in [1.807, 2.05) is 138 Å². The molecule has 3 aromatic carbocycles. The van der Waals surface area contributed by atoms with Crippen molar-refractivity contribution < 1.29 is 23.8 Å². The normalized spacial score (nSPS) is 13.4. The highest BCUT2D eigenvalue weighted by molar-refractivity contribution is 5.75. The highest BCUT2D eigenvalue weighted by Gasteiger charge is 2.35. The summed E-state index contributed by atoms with van der Waals surface area (Å²) >= 11 is 0. The topological polar surface area (TPSA) is 86.0 Å². The maximum atomic E-state index is 14.4. The zero-order chi connectivity index (χ0) is 44.1. The van der Waals surface area contributed by atoms with E-state index in [9.17, 15) is 19.6 Å². The Bertz CT molecular complexity index is 1810. The van der Waals surface area contributed by atoms with E-state index in [1.54, 1.807) is 29.8 Å². The van der Waals surface area contributed by atoms with E-state index in [4.69, 9.17) is 9.47 Å². The Kier molecular flexibility index (Phi) is 25.9. The number of halogens is 1. The molecular weight excluding hydrogens is 738 g/mol. The van der Waals surface area contributed by atoms with Crippen LogP contribution < -0.4 is 4.74 Å². The number of carbonyl (C=O) groups is 1. The molecule has 0 saturated carbocycles.